The Labute approximate surface area is 130 Å². The van der Waals surface area contributed by atoms with Gasteiger partial charge in [-0.3, -0.25) is 4.79 Å². The van der Waals surface area contributed by atoms with Gasteiger partial charge in [-0.2, -0.15) is 0 Å². The van der Waals surface area contributed by atoms with E-state index in [9.17, 15) is 4.79 Å². The van der Waals surface area contributed by atoms with Gasteiger partial charge in [0, 0.05) is 18.7 Å². The number of hydrogen-bond donors (Lipinski definition) is 2. The van der Waals surface area contributed by atoms with Gasteiger partial charge in [0.2, 0.25) is 0 Å². The average Bonchev–Trinajstić information content (AvgIpc) is 2.90. The van der Waals surface area contributed by atoms with Crippen molar-refractivity contribution in [2.45, 2.75) is 39.0 Å². The number of carbonyl (C=O) groups excluding carboxylic acids is 1. The zero-order valence-corrected chi connectivity index (χ0v) is 13.1. The summed E-state index contributed by atoms with van der Waals surface area (Å²) in [6, 6.07) is 2.05. The minimum absolute atomic E-state index is 0.171. The third-order valence-corrected chi connectivity index (χ3v) is 3.69. The highest BCUT2D eigenvalue weighted by molar-refractivity contribution is 7.80. The number of fused-ring (bicyclic) bond motifs is 1. The molecule has 1 aromatic rings. The molecule has 21 heavy (non-hydrogen) atoms. The van der Waals surface area contributed by atoms with E-state index >= 15 is 0 Å². The first-order chi connectivity index (χ1) is 10.1. The van der Waals surface area contributed by atoms with Crippen molar-refractivity contribution in [1.82, 2.24) is 4.98 Å². The average molecular weight is 307 g/mol. The van der Waals surface area contributed by atoms with E-state index in [0.29, 0.717) is 31.0 Å². The van der Waals surface area contributed by atoms with Crippen molar-refractivity contribution < 1.29 is 9.53 Å². The number of esters is 1. The minimum Gasteiger partial charge on any atom is -0.466 e. The normalized spacial score (nSPS) is 12.8. The first-order valence-electron chi connectivity index (χ1n) is 7.34. The van der Waals surface area contributed by atoms with Gasteiger partial charge < -0.3 is 15.8 Å². The van der Waals surface area contributed by atoms with E-state index in [4.69, 9.17) is 22.7 Å². The van der Waals surface area contributed by atoms with Gasteiger partial charge >= 0.3 is 5.97 Å². The number of aromatic nitrogens is 1. The maximum atomic E-state index is 11.3. The molecule has 0 radical (unpaired) electrons. The summed E-state index contributed by atoms with van der Waals surface area (Å²) in [7, 11) is 0. The van der Waals surface area contributed by atoms with Crippen molar-refractivity contribution in [3.63, 3.8) is 0 Å². The van der Waals surface area contributed by atoms with Crippen LogP contribution in [0.4, 0.5) is 5.82 Å². The van der Waals surface area contributed by atoms with E-state index in [1.807, 2.05) is 6.07 Å². The van der Waals surface area contributed by atoms with Crippen LogP contribution in [-0.2, 0) is 22.4 Å². The number of aryl methyl sites for hydroxylation is 2. The molecule has 114 valence electrons. The standard InChI is InChI=1S/C15H21N3O2S/c1-2-20-13(19)7-4-8-17-15-11(14(16)21)9-10-5-3-6-12(10)18-15/h9H,2-8H2,1H3,(H2,16,21)(H,17,18). The molecular formula is C15H21N3O2S. The predicted octanol–water partition coefficient (Wildman–Crippen LogP) is 1.96. The summed E-state index contributed by atoms with van der Waals surface area (Å²) in [4.78, 5) is 16.3. The molecule has 0 amide bonds. The van der Waals surface area contributed by atoms with Gasteiger partial charge in [0.1, 0.15) is 10.8 Å². The summed E-state index contributed by atoms with van der Waals surface area (Å²) < 4.78 is 4.89. The lowest BCUT2D eigenvalue weighted by Crippen LogP contribution is -2.17. The van der Waals surface area contributed by atoms with E-state index in [-0.39, 0.29) is 5.97 Å². The number of ether oxygens (including phenoxy) is 1. The van der Waals surface area contributed by atoms with Gasteiger partial charge in [-0.05, 0) is 44.2 Å². The van der Waals surface area contributed by atoms with Crippen LogP contribution in [0.3, 0.4) is 0 Å². The molecule has 1 aliphatic rings. The van der Waals surface area contributed by atoms with Crippen LogP contribution in [0.25, 0.3) is 0 Å². The van der Waals surface area contributed by atoms with Gasteiger partial charge in [0.05, 0.1) is 12.2 Å². The topological polar surface area (TPSA) is 77.2 Å². The minimum atomic E-state index is -0.171. The van der Waals surface area contributed by atoms with E-state index in [0.717, 1.165) is 36.3 Å². The lowest BCUT2D eigenvalue weighted by atomic mass is 10.1. The molecule has 0 aliphatic heterocycles. The third kappa shape index (κ3) is 4.14. The van der Waals surface area contributed by atoms with Crippen molar-refractivity contribution >= 4 is 29.0 Å². The van der Waals surface area contributed by atoms with E-state index in [2.05, 4.69) is 10.3 Å². The molecule has 0 saturated heterocycles. The van der Waals surface area contributed by atoms with Crippen LogP contribution in [0.2, 0.25) is 0 Å². The third-order valence-electron chi connectivity index (χ3n) is 3.47. The Morgan fingerprint density at radius 1 is 1.52 bits per heavy atom. The molecule has 0 unspecified atom stereocenters. The lowest BCUT2D eigenvalue weighted by Gasteiger charge is -2.12. The number of thiocarbonyl (C=S) groups is 1. The van der Waals surface area contributed by atoms with Crippen LogP contribution in [0.5, 0.6) is 0 Å². The number of nitrogens with zero attached hydrogens (tertiary/aromatic N) is 1. The largest absolute Gasteiger partial charge is 0.466 e. The van der Waals surface area contributed by atoms with Crippen LogP contribution in [0, 0.1) is 0 Å². The monoisotopic (exact) mass is 307 g/mol. The number of carbonyl (C=O) groups is 1. The molecule has 1 aliphatic carbocycles. The van der Waals surface area contributed by atoms with Gasteiger partial charge in [0.15, 0.2) is 0 Å². The number of nitrogens with two attached hydrogens (primary N) is 1. The Bertz CT molecular complexity index is 546. The zero-order valence-electron chi connectivity index (χ0n) is 12.3. The second-order valence-corrected chi connectivity index (χ2v) is 5.48. The van der Waals surface area contributed by atoms with Crippen molar-refractivity contribution in [3.05, 3.63) is 22.9 Å². The number of anilines is 1. The second-order valence-electron chi connectivity index (χ2n) is 5.04. The Kier molecular flexibility index (Phi) is 5.50. The Morgan fingerprint density at radius 2 is 2.33 bits per heavy atom. The van der Waals surface area contributed by atoms with Crippen LogP contribution in [-0.4, -0.2) is 29.1 Å². The summed E-state index contributed by atoms with van der Waals surface area (Å²) in [5.74, 6) is 0.558. The molecule has 1 heterocycles. The second kappa shape index (κ2) is 7.36. The molecule has 0 atom stereocenters. The fourth-order valence-corrected chi connectivity index (χ4v) is 2.62. The number of rotatable bonds is 7. The van der Waals surface area contributed by atoms with Crippen LogP contribution < -0.4 is 11.1 Å². The maximum Gasteiger partial charge on any atom is 0.305 e. The molecule has 1 aromatic heterocycles. The Balaban J connectivity index is 1.96. The Morgan fingerprint density at radius 3 is 3.05 bits per heavy atom. The highest BCUT2D eigenvalue weighted by atomic mass is 32.1. The van der Waals surface area contributed by atoms with Crippen LogP contribution >= 0.6 is 12.2 Å². The number of pyridine rings is 1. The van der Waals surface area contributed by atoms with Crippen molar-refractivity contribution in [1.29, 1.82) is 0 Å². The smallest absolute Gasteiger partial charge is 0.305 e. The van der Waals surface area contributed by atoms with Crippen LogP contribution in [0.1, 0.15) is 43.0 Å². The summed E-state index contributed by atoms with van der Waals surface area (Å²) in [5.41, 5.74) is 8.94. The number of hydrogen-bond acceptors (Lipinski definition) is 5. The fourth-order valence-electron chi connectivity index (χ4n) is 2.47. The van der Waals surface area contributed by atoms with Gasteiger partial charge in [0.25, 0.3) is 0 Å². The SMILES string of the molecule is CCOC(=O)CCCNc1nc2c(cc1C(N)=S)CCC2. The number of nitrogens with one attached hydrogen (secondary N) is 1. The molecular weight excluding hydrogens is 286 g/mol. The van der Waals surface area contributed by atoms with Gasteiger partial charge in [-0.15, -0.1) is 0 Å². The molecule has 6 heteroatoms. The first-order valence-corrected chi connectivity index (χ1v) is 7.74. The van der Waals surface area contributed by atoms with Gasteiger partial charge in [-0.25, -0.2) is 4.98 Å². The lowest BCUT2D eigenvalue weighted by molar-refractivity contribution is -0.143. The molecule has 0 spiro atoms. The summed E-state index contributed by atoms with van der Waals surface area (Å²) in [5, 5.41) is 3.24. The van der Waals surface area contributed by atoms with E-state index in [1.165, 1.54) is 5.56 Å². The summed E-state index contributed by atoms with van der Waals surface area (Å²) >= 11 is 5.10. The van der Waals surface area contributed by atoms with Crippen molar-refractivity contribution in [3.8, 4) is 0 Å². The summed E-state index contributed by atoms with van der Waals surface area (Å²) in [6.45, 7) is 2.86. The molecule has 5 nitrogen and oxygen atoms in total. The maximum absolute atomic E-state index is 11.3. The van der Waals surface area contributed by atoms with E-state index in [1.54, 1.807) is 6.92 Å². The molecule has 2 rings (SSSR count). The highest BCUT2D eigenvalue weighted by Gasteiger charge is 2.17. The Hall–Kier alpha value is -1.69. The van der Waals surface area contributed by atoms with Crippen LogP contribution in [0.15, 0.2) is 6.07 Å². The van der Waals surface area contributed by atoms with Gasteiger partial charge in [-0.1, -0.05) is 12.2 Å². The highest BCUT2D eigenvalue weighted by Crippen LogP contribution is 2.25. The quantitative estimate of drug-likeness (QED) is 0.455. The van der Waals surface area contributed by atoms with E-state index < -0.39 is 0 Å². The molecule has 0 fully saturated rings. The van der Waals surface area contributed by atoms with Crippen molar-refractivity contribution in [2.24, 2.45) is 5.73 Å². The molecule has 0 saturated carbocycles. The fraction of sp³-hybridized carbons (Fsp3) is 0.533. The predicted molar refractivity (Wildman–Crippen MR) is 86.5 cm³/mol. The zero-order chi connectivity index (χ0) is 15.2. The molecule has 0 aromatic carbocycles. The first kappa shape index (κ1) is 15.7. The van der Waals surface area contributed by atoms with Crippen molar-refractivity contribution in [2.75, 3.05) is 18.5 Å². The summed E-state index contributed by atoms with van der Waals surface area (Å²) in [6.07, 6.45) is 4.26. The molecule has 0 bridgehead atoms. The molecule has 3 N–H and O–H groups in total.